The van der Waals surface area contributed by atoms with E-state index in [9.17, 15) is 0 Å². The quantitative estimate of drug-likeness (QED) is 0.502. The maximum atomic E-state index is 5.39. The lowest BCUT2D eigenvalue weighted by Gasteiger charge is -2.09. The van der Waals surface area contributed by atoms with E-state index >= 15 is 0 Å². The second kappa shape index (κ2) is 4.79. The molecule has 24 heavy (non-hydrogen) atoms. The first kappa shape index (κ1) is 13.1. The van der Waals surface area contributed by atoms with Gasteiger partial charge >= 0.3 is 0 Å². The van der Waals surface area contributed by atoms with E-state index in [0.29, 0.717) is 0 Å². The molecule has 0 fully saturated rings. The molecule has 0 unspecified atom stereocenters. The van der Waals surface area contributed by atoms with Gasteiger partial charge in [0, 0.05) is 30.0 Å². The number of aromatic nitrogens is 5. The molecule has 0 spiro atoms. The molecule has 0 bridgehead atoms. The molecular weight excluding hydrogens is 302 g/mol. The van der Waals surface area contributed by atoms with Gasteiger partial charge in [-0.25, -0.2) is 9.97 Å². The summed E-state index contributed by atoms with van der Waals surface area (Å²) in [6, 6.07) is 11.9. The lowest BCUT2D eigenvalue weighted by atomic mass is 10.3. The minimum Gasteiger partial charge on any atom is -0.497 e. The van der Waals surface area contributed by atoms with E-state index in [1.807, 2.05) is 40.9 Å². The third kappa shape index (κ3) is 1.68. The molecule has 6 heteroatoms. The molecule has 0 atom stereocenters. The molecule has 6 nitrogen and oxygen atoms in total. The van der Waals surface area contributed by atoms with E-state index < -0.39 is 0 Å². The van der Waals surface area contributed by atoms with Crippen LogP contribution in [0.3, 0.4) is 0 Å². The van der Waals surface area contributed by atoms with E-state index in [0.717, 1.165) is 39.2 Å². The van der Waals surface area contributed by atoms with Crippen LogP contribution in [-0.2, 0) is 0 Å². The van der Waals surface area contributed by atoms with Gasteiger partial charge in [0.2, 0.25) is 0 Å². The van der Waals surface area contributed by atoms with Crippen LogP contribution in [0.4, 0.5) is 0 Å². The Morgan fingerprint density at radius 2 is 1.96 bits per heavy atom. The molecular formula is C18H13N5O. The van der Waals surface area contributed by atoms with Crippen molar-refractivity contribution in [1.82, 2.24) is 23.9 Å². The number of rotatable bonds is 2. The predicted octanol–water partition coefficient (Wildman–Crippen LogP) is 3.23. The molecule has 0 saturated heterocycles. The van der Waals surface area contributed by atoms with Crippen molar-refractivity contribution in [3.05, 3.63) is 61.3 Å². The van der Waals surface area contributed by atoms with Crippen LogP contribution in [0, 0.1) is 0 Å². The largest absolute Gasteiger partial charge is 0.497 e. The van der Waals surface area contributed by atoms with Crippen LogP contribution in [-0.4, -0.2) is 31.0 Å². The first-order valence-electron chi connectivity index (χ1n) is 7.57. The van der Waals surface area contributed by atoms with Gasteiger partial charge < -0.3 is 4.74 Å². The monoisotopic (exact) mass is 315 g/mol. The number of hydrogen-bond acceptors (Lipinski definition) is 4. The number of imidazole rings is 1. The Morgan fingerprint density at radius 1 is 1.04 bits per heavy atom. The van der Waals surface area contributed by atoms with E-state index in [4.69, 9.17) is 9.72 Å². The second-order valence-electron chi connectivity index (χ2n) is 5.52. The van der Waals surface area contributed by atoms with Gasteiger partial charge in [-0.3, -0.25) is 14.0 Å². The Labute approximate surface area is 137 Å². The first-order valence-corrected chi connectivity index (χ1v) is 7.57. The molecule has 0 aliphatic rings. The van der Waals surface area contributed by atoms with Crippen LogP contribution in [0.25, 0.3) is 33.4 Å². The zero-order valence-corrected chi connectivity index (χ0v) is 12.9. The number of hydrogen-bond donors (Lipinski definition) is 0. The molecule has 5 rings (SSSR count). The number of pyridine rings is 1. The standard InChI is InChI=1S/C18H13N5O/c1-24-13-4-2-3-12(9-13)23-15-5-7-19-10-14(15)17-18(23)22-11-20-8-6-16(22)21-17/h2-11H,1H3. The maximum absolute atomic E-state index is 5.39. The van der Waals surface area contributed by atoms with Crippen LogP contribution in [0.15, 0.2) is 61.3 Å². The molecule has 4 heterocycles. The highest BCUT2D eigenvalue weighted by molar-refractivity contribution is 6.06. The SMILES string of the molecule is COc1cccc(-n2c3ccncc3c3nc4ccncn4c32)c1. The Hall–Kier alpha value is -3.41. The fraction of sp³-hybridized carbons (Fsp3) is 0.0556. The summed E-state index contributed by atoms with van der Waals surface area (Å²) in [5, 5.41) is 1.01. The Kier molecular flexibility index (Phi) is 2.61. The van der Waals surface area contributed by atoms with Crippen LogP contribution in [0.5, 0.6) is 5.75 Å². The highest BCUT2D eigenvalue weighted by atomic mass is 16.5. The van der Waals surface area contributed by atoms with E-state index in [1.54, 1.807) is 25.8 Å². The van der Waals surface area contributed by atoms with Crippen LogP contribution >= 0.6 is 0 Å². The molecule has 0 amide bonds. The Balaban J connectivity index is 2.00. The zero-order valence-electron chi connectivity index (χ0n) is 12.9. The minimum absolute atomic E-state index is 0.809. The van der Waals surface area contributed by atoms with Crippen molar-refractivity contribution < 1.29 is 4.74 Å². The minimum atomic E-state index is 0.809. The van der Waals surface area contributed by atoms with Gasteiger partial charge in [-0.2, -0.15) is 0 Å². The van der Waals surface area contributed by atoms with Gasteiger partial charge in [0.05, 0.1) is 18.3 Å². The lowest BCUT2D eigenvalue weighted by molar-refractivity contribution is 0.414. The summed E-state index contributed by atoms with van der Waals surface area (Å²) in [5.74, 6) is 0.809. The average molecular weight is 315 g/mol. The molecule has 0 aliphatic heterocycles. The molecule has 0 radical (unpaired) electrons. The number of fused-ring (bicyclic) bond motifs is 5. The van der Waals surface area contributed by atoms with Crippen molar-refractivity contribution in [2.24, 2.45) is 0 Å². The van der Waals surface area contributed by atoms with Crippen molar-refractivity contribution in [2.45, 2.75) is 0 Å². The average Bonchev–Trinajstić information content (AvgIpc) is 3.16. The predicted molar refractivity (Wildman–Crippen MR) is 91.7 cm³/mol. The normalized spacial score (nSPS) is 11.5. The van der Waals surface area contributed by atoms with Gasteiger partial charge in [-0.05, 0) is 24.3 Å². The van der Waals surface area contributed by atoms with Gasteiger partial charge in [0.1, 0.15) is 23.2 Å². The summed E-state index contributed by atoms with van der Waals surface area (Å²) in [6.07, 6.45) is 7.18. The zero-order chi connectivity index (χ0) is 16.1. The molecule has 0 N–H and O–H groups in total. The number of methoxy groups -OCH3 is 1. The van der Waals surface area contributed by atoms with E-state index in [2.05, 4.69) is 20.6 Å². The molecule has 1 aromatic carbocycles. The highest BCUT2D eigenvalue weighted by Crippen LogP contribution is 2.32. The van der Waals surface area contributed by atoms with Crippen molar-refractivity contribution in [3.63, 3.8) is 0 Å². The van der Waals surface area contributed by atoms with Gasteiger partial charge in [-0.15, -0.1) is 0 Å². The fourth-order valence-electron chi connectivity index (χ4n) is 3.17. The van der Waals surface area contributed by atoms with Crippen molar-refractivity contribution in [1.29, 1.82) is 0 Å². The maximum Gasteiger partial charge on any atom is 0.152 e. The summed E-state index contributed by atoms with van der Waals surface area (Å²) >= 11 is 0. The molecule has 4 aromatic heterocycles. The van der Waals surface area contributed by atoms with Gasteiger partial charge in [0.15, 0.2) is 5.65 Å². The summed E-state index contributed by atoms with van der Waals surface area (Å²) in [7, 11) is 1.67. The summed E-state index contributed by atoms with van der Waals surface area (Å²) < 4.78 is 9.54. The van der Waals surface area contributed by atoms with Crippen LogP contribution in [0.1, 0.15) is 0 Å². The molecule has 0 saturated carbocycles. The Morgan fingerprint density at radius 3 is 2.88 bits per heavy atom. The lowest BCUT2D eigenvalue weighted by Crippen LogP contribution is -1.98. The highest BCUT2D eigenvalue weighted by Gasteiger charge is 2.18. The first-order chi connectivity index (χ1) is 11.9. The number of nitrogens with zero attached hydrogens (tertiary/aromatic N) is 5. The number of benzene rings is 1. The fourth-order valence-corrected chi connectivity index (χ4v) is 3.17. The Bertz CT molecular complexity index is 1200. The smallest absolute Gasteiger partial charge is 0.152 e. The molecule has 0 aliphatic carbocycles. The molecule has 5 aromatic rings. The van der Waals surface area contributed by atoms with E-state index in [-0.39, 0.29) is 0 Å². The number of ether oxygens (including phenoxy) is 1. The van der Waals surface area contributed by atoms with Crippen molar-refractivity contribution in [2.75, 3.05) is 7.11 Å². The second-order valence-corrected chi connectivity index (χ2v) is 5.52. The summed E-state index contributed by atoms with van der Waals surface area (Å²) in [6.45, 7) is 0. The van der Waals surface area contributed by atoms with Gasteiger partial charge in [0.25, 0.3) is 0 Å². The third-order valence-corrected chi connectivity index (χ3v) is 4.22. The summed E-state index contributed by atoms with van der Waals surface area (Å²) in [4.78, 5) is 13.3. The van der Waals surface area contributed by atoms with Crippen LogP contribution in [0.2, 0.25) is 0 Å². The summed E-state index contributed by atoms with van der Waals surface area (Å²) in [5.41, 5.74) is 4.79. The van der Waals surface area contributed by atoms with Crippen LogP contribution < -0.4 is 4.74 Å². The van der Waals surface area contributed by atoms with Crippen molar-refractivity contribution >= 4 is 27.7 Å². The van der Waals surface area contributed by atoms with Crippen molar-refractivity contribution in [3.8, 4) is 11.4 Å². The molecule has 116 valence electrons. The van der Waals surface area contributed by atoms with E-state index in [1.165, 1.54) is 0 Å². The van der Waals surface area contributed by atoms with Gasteiger partial charge in [-0.1, -0.05) is 6.07 Å². The third-order valence-electron chi connectivity index (χ3n) is 4.22. The topological polar surface area (TPSA) is 57.2 Å².